The SMILES string of the molecule is N=C(N)c1cccc(C2=C(C(=O)Nc3ccc(-c4ccccn4)cc3)CCC2)c1.O=C(O)CF. The van der Waals surface area contributed by atoms with Crippen LogP contribution in [-0.4, -0.2) is 34.5 Å². The number of rotatable bonds is 6. The van der Waals surface area contributed by atoms with E-state index in [0.717, 1.165) is 52.9 Å². The number of aliphatic carboxylic acids is 1. The van der Waals surface area contributed by atoms with Crippen LogP contribution in [0.5, 0.6) is 0 Å². The van der Waals surface area contributed by atoms with Gasteiger partial charge in [0.25, 0.3) is 5.91 Å². The lowest BCUT2D eigenvalue weighted by atomic mass is 9.99. The molecule has 174 valence electrons. The van der Waals surface area contributed by atoms with Crippen LogP contribution in [0.25, 0.3) is 16.8 Å². The molecule has 0 saturated carbocycles. The van der Waals surface area contributed by atoms with Gasteiger partial charge in [0.2, 0.25) is 0 Å². The van der Waals surface area contributed by atoms with Crippen molar-refractivity contribution in [1.82, 2.24) is 4.98 Å². The second kappa shape index (κ2) is 11.5. The average molecular weight is 461 g/mol. The van der Waals surface area contributed by atoms with Crippen LogP contribution in [0.15, 0.2) is 78.5 Å². The Kier molecular flexibility index (Phi) is 8.23. The van der Waals surface area contributed by atoms with Gasteiger partial charge >= 0.3 is 5.97 Å². The fourth-order valence-electron chi connectivity index (χ4n) is 3.65. The number of benzene rings is 2. The maximum absolute atomic E-state index is 12.9. The van der Waals surface area contributed by atoms with Crippen molar-refractivity contribution in [2.75, 3.05) is 12.0 Å². The third kappa shape index (κ3) is 6.35. The summed E-state index contributed by atoms with van der Waals surface area (Å²) in [4.78, 5) is 26.3. The summed E-state index contributed by atoms with van der Waals surface area (Å²) in [5, 5.41) is 18.0. The predicted octanol–water partition coefficient (Wildman–Crippen LogP) is 4.65. The Bertz CT molecular complexity index is 1210. The molecule has 5 N–H and O–H groups in total. The molecule has 0 unspecified atom stereocenters. The first kappa shape index (κ1) is 24.3. The number of carbonyl (C=O) groups excluding carboxylic acids is 1. The van der Waals surface area contributed by atoms with Crippen molar-refractivity contribution in [2.45, 2.75) is 19.3 Å². The van der Waals surface area contributed by atoms with E-state index in [0.29, 0.717) is 5.56 Å². The van der Waals surface area contributed by atoms with Crippen LogP contribution in [0.2, 0.25) is 0 Å². The van der Waals surface area contributed by atoms with Gasteiger partial charge in [-0.15, -0.1) is 0 Å². The molecule has 1 aromatic heterocycles. The highest BCUT2D eigenvalue weighted by Gasteiger charge is 2.22. The number of aromatic nitrogens is 1. The van der Waals surface area contributed by atoms with Crippen molar-refractivity contribution in [3.05, 3.63) is 89.6 Å². The Labute approximate surface area is 196 Å². The zero-order chi connectivity index (χ0) is 24.5. The zero-order valence-electron chi connectivity index (χ0n) is 18.4. The third-order valence-corrected chi connectivity index (χ3v) is 5.23. The fourth-order valence-corrected chi connectivity index (χ4v) is 3.65. The van der Waals surface area contributed by atoms with Crippen LogP contribution in [0.3, 0.4) is 0 Å². The van der Waals surface area contributed by atoms with Crippen molar-refractivity contribution in [2.24, 2.45) is 5.73 Å². The number of nitrogens with two attached hydrogens (primary N) is 1. The van der Waals surface area contributed by atoms with E-state index in [9.17, 15) is 9.18 Å². The molecular formula is C26H25FN4O3. The molecule has 0 aliphatic heterocycles. The number of carboxylic acid groups (broad SMARTS) is 1. The van der Waals surface area contributed by atoms with Gasteiger partial charge in [-0.25, -0.2) is 9.18 Å². The number of amides is 1. The van der Waals surface area contributed by atoms with Crippen LogP contribution in [-0.2, 0) is 9.59 Å². The van der Waals surface area contributed by atoms with E-state index in [4.69, 9.17) is 21.0 Å². The Morgan fingerprint density at radius 1 is 1.03 bits per heavy atom. The Balaban J connectivity index is 0.000000588. The minimum atomic E-state index is -1.41. The topological polar surface area (TPSA) is 129 Å². The molecule has 1 aliphatic carbocycles. The molecule has 7 nitrogen and oxygen atoms in total. The maximum atomic E-state index is 12.9. The summed E-state index contributed by atoms with van der Waals surface area (Å²) in [6, 6.07) is 21.0. The van der Waals surface area contributed by atoms with E-state index >= 15 is 0 Å². The lowest BCUT2D eigenvalue weighted by molar-refractivity contribution is -0.137. The molecule has 3 aromatic rings. The van der Waals surface area contributed by atoms with Crippen molar-refractivity contribution in [1.29, 1.82) is 5.41 Å². The molecule has 34 heavy (non-hydrogen) atoms. The van der Waals surface area contributed by atoms with Crippen LogP contribution in [0.4, 0.5) is 10.1 Å². The number of pyridine rings is 1. The van der Waals surface area contributed by atoms with Gasteiger partial charge < -0.3 is 16.2 Å². The molecule has 0 bridgehead atoms. The van der Waals surface area contributed by atoms with Crippen molar-refractivity contribution >= 4 is 29.0 Å². The van der Waals surface area contributed by atoms with E-state index < -0.39 is 12.6 Å². The largest absolute Gasteiger partial charge is 0.479 e. The smallest absolute Gasteiger partial charge is 0.335 e. The minimum absolute atomic E-state index is 0.0319. The number of carboxylic acids is 1. The summed E-state index contributed by atoms with van der Waals surface area (Å²) in [6.45, 7) is -1.28. The molecule has 0 atom stereocenters. The van der Waals surface area contributed by atoms with Gasteiger partial charge in [0.15, 0.2) is 6.67 Å². The number of nitrogens with zero attached hydrogens (tertiary/aromatic N) is 1. The van der Waals surface area contributed by atoms with E-state index in [2.05, 4.69) is 10.3 Å². The minimum Gasteiger partial charge on any atom is -0.479 e. The molecule has 1 amide bonds. The first-order valence-electron chi connectivity index (χ1n) is 10.7. The number of amidine groups is 1. The first-order chi connectivity index (χ1) is 16.4. The second-order valence-electron chi connectivity index (χ2n) is 7.58. The summed E-state index contributed by atoms with van der Waals surface area (Å²) in [7, 11) is 0. The number of nitrogen functional groups attached to an aromatic ring is 1. The normalized spacial score (nSPS) is 12.5. The lowest BCUT2D eigenvalue weighted by Crippen LogP contribution is -2.14. The number of carbonyl (C=O) groups is 2. The molecule has 0 saturated heterocycles. The molecule has 2 aromatic carbocycles. The number of hydrogen-bond donors (Lipinski definition) is 4. The number of halogens is 1. The number of allylic oxidation sites excluding steroid dienone is 1. The van der Waals surface area contributed by atoms with E-state index in [1.165, 1.54) is 0 Å². The van der Waals surface area contributed by atoms with Gasteiger partial charge in [-0.2, -0.15) is 0 Å². The van der Waals surface area contributed by atoms with Gasteiger partial charge in [0, 0.05) is 28.6 Å². The summed E-state index contributed by atoms with van der Waals surface area (Å²) in [6.07, 6.45) is 4.31. The first-order valence-corrected chi connectivity index (χ1v) is 10.7. The molecule has 1 aliphatic rings. The third-order valence-electron chi connectivity index (χ3n) is 5.23. The van der Waals surface area contributed by atoms with Crippen LogP contribution in [0, 0.1) is 5.41 Å². The van der Waals surface area contributed by atoms with Gasteiger partial charge in [-0.05, 0) is 60.7 Å². The van der Waals surface area contributed by atoms with E-state index in [1.807, 2.05) is 66.7 Å². The van der Waals surface area contributed by atoms with Crippen LogP contribution < -0.4 is 11.1 Å². The molecule has 0 spiro atoms. The number of anilines is 1. The average Bonchev–Trinajstić information content (AvgIpc) is 3.36. The van der Waals surface area contributed by atoms with Gasteiger partial charge in [0.05, 0.1) is 5.69 Å². The highest BCUT2D eigenvalue weighted by Crippen LogP contribution is 2.35. The Hall–Kier alpha value is -4.33. The molecule has 1 heterocycles. The van der Waals surface area contributed by atoms with Crippen LogP contribution >= 0.6 is 0 Å². The van der Waals surface area contributed by atoms with Gasteiger partial charge in [-0.3, -0.25) is 15.2 Å². The maximum Gasteiger partial charge on any atom is 0.335 e. The Morgan fingerprint density at radius 3 is 2.38 bits per heavy atom. The lowest BCUT2D eigenvalue weighted by Gasteiger charge is -2.11. The van der Waals surface area contributed by atoms with Crippen molar-refractivity contribution < 1.29 is 19.1 Å². The quantitative estimate of drug-likeness (QED) is 0.314. The fraction of sp³-hybridized carbons (Fsp3) is 0.154. The van der Waals surface area contributed by atoms with Gasteiger partial charge in [0.1, 0.15) is 5.84 Å². The molecular weight excluding hydrogens is 435 g/mol. The molecule has 4 rings (SSSR count). The Morgan fingerprint density at radius 2 is 1.76 bits per heavy atom. The van der Waals surface area contributed by atoms with E-state index in [-0.39, 0.29) is 11.7 Å². The number of nitrogens with one attached hydrogen (secondary N) is 2. The standard InChI is InChI=1S/C24H22N4O.C2H3FO2/c25-23(26)18-6-3-5-17(15-18)20-7-4-8-21(20)24(29)28-19-12-10-16(11-13-19)22-9-1-2-14-27-22;3-1-2(4)5/h1-3,5-6,9-15H,4,7-8H2,(H3,25,26)(H,28,29);1H2,(H,4,5). The zero-order valence-corrected chi connectivity index (χ0v) is 18.4. The second-order valence-corrected chi connectivity index (χ2v) is 7.58. The van der Waals surface area contributed by atoms with Crippen molar-refractivity contribution in [3.8, 4) is 11.3 Å². The number of hydrogen-bond acceptors (Lipinski definition) is 4. The highest BCUT2D eigenvalue weighted by atomic mass is 19.1. The summed E-state index contributed by atoms with van der Waals surface area (Å²) in [5.74, 6) is -1.45. The molecule has 8 heteroatoms. The monoisotopic (exact) mass is 460 g/mol. The van der Waals surface area contributed by atoms with Crippen LogP contribution in [0.1, 0.15) is 30.4 Å². The van der Waals surface area contributed by atoms with Gasteiger partial charge in [-0.1, -0.05) is 36.4 Å². The van der Waals surface area contributed by atoms with E-state index in [1.54, 1.807) is 6.20 Å². The summed E-state index contributed by atoms with van der Waals surface area (Å²) < 4.78 is 10.5. The van der Waals surface area contributed by atoms with Crippen molar-refractivity contribution in [3.63, 3.8) is 0 Å². The predicted molar refractivity (Wildman–Crippen MR) is 130 cm³/mol. The number of alkyl halides is 1. The summed E-state index contributed by atoms with van der Waals surface area (Å²) >= 11 is 0. The molecule has 0 radical (unpaired) electrons. The highest BCUT2D eigenvalue weighted by molar-refractivity contribution is 6.10. The molecule has 0 fully saturated rings. The summed E-state index contributed by atoms with van der Waals surface area (Å²) in [5.41, 5.74) is 11.8.